The summed E-state index contributed by atoms with van der Waals surface area (Å²) in [6.07, 6.45) is 0.224. The van der Waals surface area contributed by atoms with E-state index in [2.05, 4.69) is 4.74 Å². The SMILES string of the molecule is COC(=O)CN(Cc1ccccc1)C(=O)CC(N)C(C)C. The van der Waals surface area contributed by atoms with E-state index in [1.165, 1.54) is 12.0 Å². The Morgan fingerprint density at radius 1 is 1.24 bits per heavy atom. The number of nitrogens with zero attached hydrogens (tertiary/aromatic N) is 1. The molecule has 0 aliphatic rings. The molecule has 0 aromatic heterocycles. The molecule has 116 valence electrons. The van der Waals surface area contributed by atoms with Crippen LogP contribution in [0, 0.1) is 5.92 Å². The zero-order valence-electron chi connectivity index (χ0n) is 12.9. The van der Waals surface area contributed by atoms with E-state index in [9.17, 15) is 9.59 Å². The van der Waals surface area contributed by atoms with E-state index in [-0.39, 0.29) is 30.8 Å². The molecule has 0 saturated heterocycles. The van der Waals surface area contributed by atoms with Crippen LogP contribution in [-0.2, 0) is 20.9 Å². The van der Waals surface area contributed by atoms with Gasteiger partial charge in [-0.2, -0.15) is 0 Å². The number of esters is 1. The van der Waals surface area contributed by atoms with Crippen molar-refractivity contribution in [1.29, 1.82) is 0 Å². The first-order chi connectivity index (χ1) is 9.93. The average molecular weight is 292 g/mol. The third kappa shape index (κ3) is 5.95. The number of nitrogens with two attached hydrogens (primary N) is 1. The summed E-state index contributed by atoms with van der Waals surface area (Å²) in [6.45, 7) is 4.26. The Bertz CT molecular complexity index is 460. The topological polar surface area (TPSA) is 72.6 Å². The van der Waals surface area contributed by atoms with Gasteiger partial charge in [-0.15, -0.1) is 0 Å². The molecule has 0 radical (unpaired) electrons. The number of rotatable bonds is 7. The van der Waals surface area contributed by atoms with Crippen LogP contribution in [0.5, 0.6) is 0 Å². The standard InChI is InChI=1S/C16H24N2O3/c1-12(2)14(17)9-15(19)18(11-16(20)21-3)10-13-7-5-4-6-8-13/h4-8,12,14H,9-11,17H2,1-3H3. The highest BCUT2D eigenvalue weighted by Crippen LogP contribution is 2.10. The van der Waals surface area contributed by atoms with Crippen LogP contribution in [0.25, 0.3) is 0 Å². The number of benzene rings is 1. The molecule has 0 saturated carbocycles. The summed E-state index contributed by atoms with van der Waals surface area (Å²) in [7, 11) is 1.31. The second-order valence-corrected chi connectivity index (χ2v) is 5.42. The van der Waals surface area contributed by atoms with Crippen LogP contribution in [-0.4, -0.2) is 36.5 Å². The van der Waals surface area contributed by atoms with Gasteiger partial charge < -0.3 is 15.4 Å². The molecule has 5 heteroatoms. The highest BCUT2D eigenvalue weighted by Gasteiger charge is 2.21. The minimum Gasteiger partial charge on any atom is -0.468 e. The summed E-state index contributed by atoms with van der Waals surface area (Å²) in [6, 6.07) is 9.32. The molecule has 21 heavy (non-hydrogen) atoms. The first kappa shape index (κ1) is 17.2. The maximum absolute atomic E-state index is 12.4. The second-order valence-electron chi connectivity index (χ2n) is 5.42. The van der Waals surface area contributed by atoms with Crippen molar-refractivity contribution in [3.63, 3.8) is 0 Å². The fourth-order valence-electron chi connectivity index (χ4n) is 1.82. The minimum atomic E-state index is -0.433. The number of carbonyl (C=O) groups is 2. The zero-order valence-corrected chi connectivity index (χ0v) is 12.9. The fourth-order valence-corrected chi connectivity index (χ4v) is 1.82. The number of ether oxygens (including phenoxy) is 1. The third-order valence-electron chi connectivity index (χ3n) is 3.38. The molecule has 0 bridgehead atoms. The van der Waals surface area contributed by atoms with E-state index in [4.69, 9.17) is 5.73 Å². The fraction of sp³-hybridized carbons (Fsp3) is 0.500. The molecule has 1 atom stereocenters. The Labute approximate surface area is 126 Å². The molecule has 0 aliphatic carbocycles. The van der Waals surface area contributed by atoms with Gasteiger partial charge >= 0.3 is 5.97 Å². The smallest absolute Gasteiger partial charge is 0.325 e. The van der Waals surface area contributed by atoms with Gasteiger partial charge in [0.05, 0.1) is 7.11 Å². The zero-order chi connectivity index (χ0) is 15.8. The summed E-state index contributed by atoms with van der Waals surface area (Å²) in [4.78, 5) is 25.3. The highest BCUT2D eigenvalue weighted by atomic mass is 16.5. The molecule has 1 rings (SSSR count). The minimum absolute atomic E-state index is 0.0605. The Kier molecular flexibility index (Phi) is 6.88. The van der Waals surface area contributed by atoms with E-state index < -0.39 is 5.97 Å². The molecular formula is C16H24N2O3. The Morgan fingerprint density at radius 2 is 1.86 bits per heavy atom. The highest BCUT2D eigenvalue weighted by molar-refractivity contribution is 5.82. The van der Waals surface area contributed by atoms with Gasteiger partial charge in [-0.1, -0.05) is 44.2 Å². The van der Waals surface area contributed by atoms with Crippen molar-refractivity contribution in [2.75, 3.05) is 13.7 Å². The Hall–Kier alpha value is -1.88. The molecular weight excluding hydrogens is 268 g/mol. The lowest BCUT2D eigenvalue weighted by Crippen LogP contribution is -2.40. The second kappa shape index (κ2) is 8.42. The van der Waals surface area contributed by atoms with Gasteiger partial charge in [0, 0.05) is 19.0 Å². The molecule has 0 fully saturated rings. The molecule has 0 heterocycles. The Balaban J connectivity index is 2.76. The van der Waals surface area contributed by atoms with Gasteiger partial charge in [-0.3, -0.25) is 9.59 Å². The van der Waals surface area contributed by atoms with Gasteiger partial charge in [0.15, 0.2) is 0 Å². The molecule has 5 nitrogen and oxygen atoms in total. The monoisotopic (exact) mass is 292 g/mol. The predicted molar refractivity (Wildman–Crippen MR) is 81.3 cm³/mol. The van der Waals surface area contributed by atoms with Gasteiger partial charge in [0.2, 0.25) is 5.91 Å². The van der Waals surface area contributed by atoms with Gasteiger partial charge in [-0.05, 0) is 11.5 Å². The molecule has 1 unspecified atom stereocenters. The largest absolute Gasteiger partial charge is 0.468 e. The van der Waals surface area contributed by atoms with E-state index in [0.717, 1.165) is 5.56 Å². The summed E-state index contributed by atoms with van der Waals surface area (Å²) in [5, 5.41) is 0. The predicted octanol–water partition coefficient (Wildman–Crippen LogP) is 1.56. The number of methoxy groups -OCH3 is 1. The maximum Gasteiger partial charge on any atom is 0.325 e. The first-order valence-corrected chi connectivity index (χ1v) is 7.08. The van der Waals surface area contributed by atoms with Crippen molar-refractivity contribution in [2.24, 2.45) is 11.7 Å². The first-order valence-electron chi connectivity index (χ1n) is 7.08. The molecule has 2 N–H and O–H groups in total. The van der Waals surface area contributed by atoms with Crippen LogP contribution in [0.3, 0.4) is 0 Å². The van der Waals surface area contributed by atoms with E-state index in [0.29, 0.717) is 6.54 Å². The van der Waals surface area contributed by atoms with Crippen molar-refractivity contribution in [3.05, 3.63) is 35.9 Å². The van der Waals surface area contributed by atoms with Gasteiger partial charge in [0.1, 0.15) is 6.54 Å². The molecule has 1 amide bonds. The van der Waals surface area contributed by atoms with Crippen LogP contribution in [0.4, 0.5) is 0 Å². The molecule has 1 aromatic rings. The third-order valence-corrected chi connectivity index (χ3v) is 3.38. The van der Waals surface area contributed by atoms with Crippen molar-refractivity contribution in [3.8, 4) is 0 Å². The lowest BCUT2D eigenvalue weighted by molar-refractivity contribution is -0.147. The van der Waals surface area contributed by atoms with Gasteiger partial charge in [-0.25, -0.2) is 0 Å². The van der Waals surface area contributed by atoms with Crippen molar-refractivity contribution < 1.29 is 14.3 Å². The molecule has 0 aliphatic heterocycles. The van der Waals surface area contributed by atoms with Crippen LogP contribution < -0.4 is 5.73 Å². The normalized spacial score (nSPS) is 12.0. The molecule has 1 aromatic carbocycles. The van der Waals surface area contributed by atoms with Crippen molar-refractivity contribution in [2.45, 2.75) is 32.9 Å². The van der Waals surface area contributed by atoms with Crippen LogP contribution in [0.1, 0.15) is 25.8 Å². The lowest BCUT2D eigenvalue weighted by atomic mass is 10.0. The Morgan fingerprint density at radius 3 is 2.38 bits per heavy atom. The number of hydrogen-bond acceptors (Lipinski definition) is 4. The number of amides is 1. The van der Waals surface area contributed by atoms with Crippen LogP contribution in [0.2, 0.25) is 0 Å². The van der Waals surface area contributed by atoms with Gasteiger partial charge in [0.25, 0.3) is 0 Å². The molecule has 0 spiro atoms. The van der Waals surface area contributed by atoms with Crippen molar-refractivity contribution in [1.82, 2.24) is 4.90 Å². The van der Waals surface area contributed by atoms with E-state index in [1.807, 2.05) is 44.2 Å². The number of carbonyl (C=O) groups excluding carboxylic acids is 2. The summed E-state index contributed by atoms with van der Waals surface area (Å²) < 4.78 is 4.66. The van der Waals surface area contributed by atoms with Crippen LogP contribution >= 0.6 is 0 Å². The average Bonchev–Trinajstić information content (AvgIpc) is 2.47. The van der Waals surface area contributed by atoms with Crippen LogP contribution in [0.15, 0.2) is 30.3 Å². The summed E-state index contributed by atoms with van der Waals surface area (Å²) >= 11 is 0. The van der Waals surface area contributed by atoms with E-state index >= 15 is 0 Å². The maximum atomic E-state index is 12.4. The van der Waals surface area contributed by atoms with Crippen molar-refractivity contribution >= 4 is 11.9 Å². The van der Waals surface area contributed by atoms with E-state index in [1.54, 1.807) is 0 Å². The summed E-state index contributed by atoms with van der Waals surface area (Å²) in [5.41, 5.74) is 6.91. The lowest BCUT2D eigenvalue weighted by Gasteiger charge is -2.24. The quantitative estimate of drug-likeness (QED) is 0.774. The number of hydrogen-bond donors (Lipinski definition) is 1. The summed E-state index contributed by atoms with van der Waals surface area (Å²) in [5.74, 6) is -0.353.